The van der Waals surface area contributed by atoms with E-state index in [9.17, 15) is 18.0 Å². The molecule has 0 fully saturated rings. The van der Waals surface area contributed by atoms with Gasteiger partial charge in [-0.2, -0.15) is 0 Å². The van der Waals surface area contributed by atoms with Crippen LogP contribution in [0.2, 0.25) is 0 Å². The third kappa shape index (κ3) is 5.50. The summed E-state index contributed by atoms with van der Waals surface area (Å²) in [6, 6.07) is 15.6. The molecular formula is C26H19F3N6O2. The van der Waals surface area contributed by atoms with Crippen LogP contribution < -0.4 is 15.4 Å². The Morgan fingerprint density at radius 1 is 1.03 bits per heavy atom. The van der Waals surface area contributed by atoms with E-state index in [2.05, 4.69) is 35.3 Å². The number of aromatic amines is 1. The maximum Gasteiger partial charge on any atom is 0.573 e. The van der Waals surface area contributed by atoms with E-state index < -0.39 is 18.0 Å². The van der Waals surface area contributed by atoms with Crippen molar-refractivity contribution in [3.63, 3.8) is 0 Å². The summed E-state index contributed by atoms with van der Waals surface area (Å²) < 4.78 is 41.5. The maximum absolute atomic E-state index is 12.9. The number of ether oxygens (including phenoxy) is 1. The molecule has 0 saturated heterocycles. The molecule has 0 radical (unpaired) electrons. The predicted octanol–water partition coefficient (Wildman–Crippen LogP) is 6.22. The van der Waals surface area contributed by atoms with E-state index in [4.69, 9.17) is 0 Å². The largest absolute Gasteiger partial charge is 0.573 e. The molecule has 0 aliphatic rings. The van der Waals surface area contributed by atoms with Crippen molar-refractivity contribution in [1.29, 1.82) is 0 Å². The molecule has 3 aromatic heterocycles. The number of H-pyrrole nitrogens is 1. The lowest BCUT2D eigenvalue weighted by Gasteiger charge is -2.13. The predicted molar refractivity (Wildman–Crippen MR) is 133 cm³/mol. The summed E-state index contributed by atoms with van der Waals surface area (Å²) >= 11 is 0. The van der Waals surface area contributed by atoms with Gasteiger partial charge in [-0.25, -0.2) is 9.97 Å². The molecule has 11 heteroatoms. The van der Waals surface area contributed by atoms with Gasteiger partial charge < -0.3 is 20.4 Å². The van der Waals surface area contributed by atoms with E-state index in [1.165, 1.54) is 12.1 Å². The molecule has 5 rings (SSSR count). The summed E-state index contributed by atoms with van der Waals surface area (Å²) in [5, 5.41) is 5.77. The molecular weight excluding hydrogens is 485 g/mol. The Morgan fingerprint density at radius 2 is 1.89 bits per heavy atom. The van der Waals surface area contributed by atoms with Gasteiger partial charge in [0.25, 0.3) is 5.91 Å². The first kappa shape index (κ1) is 23.8. The number of pyridine rings is 1. The molecule has 5 aromatic rings. The minimum atomic E-state index is -4.83. The lowest BCUT2D eigenvalue weighted by Crippen LogP contribution is -2.17. The molecule has 0 spiro atoms. The van der Waals surface area contributed by atoms with E-state index >= 15 is 0 Å². The second-order valence-corrected chi connectivity index (χ2v) is 8.06. The number of halogens is 3. The summed E-state index contributed by atoms with van der Waals surface area (Å²) in [6.07, 6.45) is 0.323. The Morgan fingerprint density at radius 3 is 2.68 bits per heavy atom. The number of anilines is 3. The zero-order chi connectivity index (χ0) is 26.0. The van der Waals surface area contributed by atoms with Gasteiger partial charge in [-0.1, -0.05) is 12.1 Å². The number of aromatic nitrogens is 4. The Hall–Kier alpha value is -4.93. The Kier molecular flexibility index (Phi) is 6.18. The molecule has 37 heavy (non-hydrogen) atoms. The fourth-order valence-electron chi connectivity index (χ4n) is 3.71. The Bertz CT molecular complexity index is 1580. The molecule has 0 unspecified atom stereocenters. The quantitative estimate of drug-likeness (QED) is 0.254. The van der Waals surface area contributed by atoms with Gasteiger partial charge in [0.2, 0.25) is 5.95 Å². The van der Waals surface area contributed by atoms with Crippen LogP contribution in [-0.2, 0) is 0 Å². The number of hydrogen-bond donors (Lipinski definition) is 3. The SMILES string of the molecule is Cc1ccc(C(=O)Nc2cccc(OC(F)(F)F)c2)cc1Nc1nc(-c2cccnc2)c2[nH]ccc2n1. The van der Waals surface area contributed by atoms with Gasteiger partial charge in [0.15, 0.2) is 0 Å². The Balaban J connectivity index is 1.40. The number of amides is 1. The van der Waals surface area contributed by atoms with Crippen LogP contribution in [0.3, 0.4) is 0 Å². The number of carbonyl (C=O) groups is 1. The van der Waals surface area contributed by atoms with Gasteiger partial charge in [-0.05, 0) is 55.0 Å². The van der Waals surface area contributed by atoms with Gasteiger partial charge in [0.1, 0.15) is 11.4 Å². The molecule has 0 atom stereocenters. The van der Waals surface area contributed by atoms with Crippen LogP contribution in [0.15, 0.2) is 79.3 Å². The number of carbonyl (C=O) groups excluding carboxylic acids is 1. The molecule has 1 amide bonds. The maximum atomic E-state index is 12.9. The number of alkyl halides is 3. The summed E-state index contributed by atoms with van der Waals surface area (Å²) in [4.78, 5) is 29.4. The molecule has 0 bridgehead atoms. The average Bonchev–Trinajstić information content (AvgIpc) is 3.33. The molecule has 3 heterocycles. The summed E-state index contributed by atoms with van der Waals surface area (Å²) in [6.45, 7) is 1.86. The number of rotatable bonds is 6. The van der Waals surface area contributed by atoms with Gasteiger partial charge in [-0.3, -0.25) is 9.78 Å². The fourth-order valence-corrected chi connectivity index (χ4v) is 3.71. The van der Waals surface area contributed by atoms with E-state index in [0.29, 0.717) is 22.8 Å². The highest BCUT2D eigenvalue weighted by atomic mass is 19.4. The van der Waals surface area contributed by atoms with Gasteiger partial charge >= 0.3 is 6.36 Å². The minimum absolute atomic E-state index is 0.157. The number of aryl methyl sites for hydroxylation is 1. The minimum Gasteiger partial charge on any atom is -0.406 e. The highest BCUT2D eigenvalue weighted by Crippen LogP contribution is 2.29. The number of nitrogens with zero attached hydrogens (tertiary/aromatic N) is 3. The molecule has 0 saturated carbocycles. The van der Waals surface area contributed by atoms with Crippen molar-refractivity contribution < 1.29 is 22.7 Å². The van der Waals surface area contributed by atoms with Crippen LogP contribution in [-0.4, -0.2) is 32.2 Å². The fraction of sp³-hybridized carbons (Fsp3) is 0.0769. The first-order valence-corrected chi connectivity index (χ1v) is 11.1. The topological polar surface area (TPSA) is 105 Å². The summed E-state index contributed by atoms with van der Waals surface area (Å²) in [5.74, 6) is -0.618. The summed E-state index contributed by atoms with van der Waals surface area (Å²) in [5.41, 5.74) is 4.80. The number of nitrogens with one attached hydrogen (secondary N) is 3. The highest BCUT2D eigenvalue weighted by molar-refractivity contribution is 6.05. The van der Waals surface area contributed by atoms with Gasteiger partial charge in [0, 0.05) is 47.2 Å². The normalized spacial score (nSPS) is 11.4. The number of hydrogen-bond acceptors (Lipinski definition) is 6. The third-order valence-corrected chi connectivity index (χ3v) is 5.41. The van der Waals surface area contributed by atoms with Crippen molar-refractivity contribution in [3.05, 3.63) is 90.4 Å². The van der Waals surface area contributed by atoms with Crippen LogP contribution >= 0.6 is 0 Å². The molecule has 0 aliphatic heterocycles. The zero-order valence-electron chi connectivity index (χ0n) is 19.3. The zero-order valence-corrected chi connectivity index (χ0v) is 19.3. The first-order chi connectivity index (χ1) is 17.7. The molecule has 186 valence electrons. The van der Waals surface area contributed by atoms with Gasteiger partial charge in [0.05, 0.1) is 11.0 Å². The van der Waals surface area contributed by atoms with E-state index in [1.54, 1.807) is 36.8 Å². The molecule has 3 N–H and O–H groups in total. The lowest BCUT2D eigenvalue weighted by molar-refractivity contribution is -0.274. The van der Waals surface area contributed by atoms with Crippen molar-refractivity contribution in [2.45, 2.75) is 13.3 Å². The van der Waals surface area contributed by atoms with Crippen molar-refractivity contribution in [1.82, 2.24) is 19.9 Å². The van der Waals surface area contributed by atoms with Crippen LogP contribution in [0, 0.1) is 6.92 Å². The van der Waals surface area contributed by atoms with E-state index in [0.717, 1.165) is 28.8 Å². The van der Waals surface area contributed by atoms with Gasteiger partial charge in [-0.15, -0.1) is 13.2 Å². The smallest absolute Gasteiger partial charge is 0.406 e. The monoisotopic (exact) mass is 504 g/mol. The van der Waals surface area contributed by atoms with Crippen LogP contribution in [0.25, 0.3) is 22.3 Å². The molecule has 0 aliphatic carbocycles. The van der Waals surface area contributed by atoms with E-state index in [1.807, 2.05) is 25.1 Å². The Labute approximate surface area is 208 Å². The van der Waals surface area contributed by atoms with Crippen LogP contribution in [0.5, 0.6) is 5.75 Å². The second kappa shape index (κ2) is 9.61. The van der Waals surface area contributed by atoms with Crippen LogP contribution in [0.1, 0.15) is 15.9 Å². The average molecular weight is 504 g/mol. The standard InChI is InChI=1S/C26H19F3N6O2/c1-15-7-8-16(24(36)32-18-5-2-6-19(13-18)37-26(27,28)29)12-21(15)34-25-33-20-9-11-31-23(20)22(35-25)17-4-3-10-30-14-17/h2-14,31H,1H3,(H,32,36)(H,33,34,35). The lowest BCUT2D eigenvalue weighted by atomic mass is 10.1. The highest BCUT2D eigenvalue weighted by Gasteiger charge is 2.31. The van der Waals surface area contributed by atoms with Crippen molar-refractivity contribution in [2.75, 3.05) is 10.6 Å². The van der Waals surface area contributed by atoms with Crippen molar-refractivity contribution in [2.24, 2.45) is 0 Å². The molecule has 8 nitrogen and oxygen atoms in total. The van der Waals surface area contributed by atoms with Crippen molar-refractivity contribution in [3.8, 4) is 17.0 Å². The molecule has 2 aromatic carbocycles. The van der Waals surface area contributed by atoms with Crippen LogP contribution in [0.4, 0.5) is 30.5 Å². The van der Waals surface area contributed by atoms with E-state index in [-0.39, 0.29) is 11.3 Å². The first-order valence-electron chi connectivity index (χ1n) is 11.1. The third-order valence-electron chi connectivity index (χ3n) is 5.41. The summed E-state index contributed by atoms with van der Waals surface area (Å²) in [7, 11) is 0. The number of benzene rings is 2. The second-order valence-electron chi connectivity index (χ2n) is 8.06. The number of fused-ring (bicyclic) bond motifs is 1. The van der Waals surface area contributed by atoms with Crippen molar-refractivity contribution >= 4 is 34.3 Å².